The van der Waals surface area contributed by atoms with Crippen molar-refractivity contribution in [3.63, 3.8) is 0 Å². The lowest BCUT2D eigenvalue weighted by Gasteiger charge is -2.11. The third-order valence-electron chi connectivity index (χ3n) is 2.72. The van der Waals surface area contributed by atoms with Crippen molar-refractivity contribution in [2.75, 3.05) is 0 Å². The maximum Gasteiger partial charge on any atom is 0.143 e. The molecule has 0 aliphatic carbocycles. The molecule has 2 nitrogen and oxygen atoms in total. The molecule has 0 saturated carbocycles. The monoisotopic (exact) mass is 202 g/mol. The van der Waals surface area contributed by atoms with Crippen molar-refractivity contribution in [3.8, 4) is 6.07 Å². The van der Waals surface area contributed by atoms with Gasteiger partial charge in [0.25, 0.3) is 0 Å². The van der Waals surface area contributed by atoms with Gasteiger partial charge in [-0.25, -0.2) is 4.98 Å². The Morgan fingerprint density at radius 3 is 2.93 bits per heavy atom. The van der Waals surface area contributed by atoms with Gasteiger partial charge in [-0.3, -0.25) is 0 Å². The Kier molecular flexibility index (Phi) is 4.83. The predicted molar refractivity (Wildman–Crippen MR) is 61.5 cm³/mol. The summed E-state index contributed by atoms with van der Waals surface area (Å²) in [6, 6.07) is 6.08. The van der Waals surface area contributed by atoms with Crippen LogP contribution in [0, 0.1) is 11.3 Å². The fourth-order valence-electron chi connectivity index (χ4n) is 1.76. The third kappa shape index (κ3) is 3.36. The Hall–Kier alpha value is -1.36. The number of nitriles is 1. The van der Waals surface area contributed by atoms with Crippen LogP contribution in [0.4, 0.5) is 0 Å². The van der Waals surface area contributed by atoms with Crippen molar-refractivity contribution < 1.29 is 0 Å². The van der Waals surface area contributed by atoms with Gasteiger partial charge in [-0.15, -0.1) is 0 Å². The first kappa shape index (κ1) is 11.7. The zero-order chi connectivity index (χ0) is 11.1. The summed E-state index contributed by atoms with van der Waals surface area (Å²) < 4.78 is 0. The van der Waals surface area contributed by atoms with Crippen molar-refractivity contribution in [1.29, 1.82) is 5.26 Å². The van der Waals surface area contributed by atoms with E-state index in [1.54, 1.807) is 6.20 Å². The molecule has 0 radical (unpaired) electrons. The van der Waals surface area contributed by atoms with E-state index in [0.717, 1.165) is 12.0 Å². The first-order valence-electron chi connectivity index (χ1n) is 5.64. The summed E-state index contributed by atoms with van der Waals surface area (Å²) in [5.41, 5.74) is 1.68. The highest BCUT2D eigenvalue weighted by molar-refractivity contribution is 5.32. The van der Waals surface area contributed by atoms with E-state index in [2.05, 4.69) is 24.9 Å². The highest BCUT2D eigenvalue weighted by atomic mass is 14.7. The number of aromatic nitrogens is 1. The molecule has 0 spiro atoms. The number of pyridine rings is 1. The standard InChI is InChI=1S/C13H18N2/c1-3-4-5-7-11(2)12-8-6-9-15-13(12)10-14/h6,8-9,11H,3-5,7H2,1-2H3. The van der Waals surface area contributed by atoms with Crippen LogP contribution in [0.25, 0.3) is 0 Å². The minimum atomic E-state index is 0.444. The van der Waals surface area contributed by atoms with E-state index in [1.807, 2.05) is 12.1 Å². The van der Waals surface area contributed by atoms with Crippen LogP contribution in [0.1, 0.15) is 56.7 Å². The molecule has 0 fully saturated rings. The van der Waals surface area contributed by atoms with Crippen LogP contribution >= 0.6 is 0 Å². The van der Waals surface area contributed by atoms with Crippen LogP contribution in [0.15, 0.2) is 18.3 Å². The van der Waals surface area contributed by atoms with Crippen molar-refractivity contribution in [2.45, 2.75) is 45.4 Å². The van der Waals surface area contributed by atoms with E-state index in [4.69, 9.17) is 5.26 Å². The lowest BCUT2D eigenvalue weighted by Crippen LogP contribution is -1.99. The Morgan fingerprint density at radius 1 is 1.47 bits per heavy atom. The van der Waals surface area contributed by atoms with Crippen LogP contribution in [0.2, 0.25) is 0 Å². The molecule has 0 amide bonds. The molecule has 0 aliphatic rings. The average molecular weight is 202 g/mol. The summed E-state index contributed by atoms with van der Waals surface area (Å²) in [6.07, 6.45) is 6.57. The summed E-state index contributed by atoms with van der Waals surface area (Å²) in [5.74, 6) is 0.444. The molecule has 1 atom stereocenters. The fraction of sp³-hybridized carbons (Fsp3) is 0.538. The highest BCUT2D eigenvalue weighted by Gasteiger charge is 2.10. The minimum Gasteiger partial charge on any atom is -0.245 e. The van der Waals surface area contributed by atoms with Gasteiger partial charge in [0.15, 0.2) is 0 Å². The number of hydrogen-bond donors (Lipinski definition) is 0. The molecular weight excluding hydrogens is 184 g/mol. The summed E-state index contributed by atoms with van der Waals surface area (Å²) in [5, 5.41) is 8.93. The topological polar surface area (TPSA) is 36.7 Å². The van der Waals surface area contributed by atoms with Crippen LogP contribution in [0.3, 0.4) is 0 Å². The molecule has 0 N–H and O–H groups in total. The lowest BCUT2D eigenvalue weighted by molar-refractivity contribution is 0.596. The minimum absolute atomic E-state index is 0.444. The Balaban J connectivity index is 2.65. The van der Waals surface area contributed by atoms with Crippen LogP contribution in [-0.4, -0.2) is 4.98 Å². The zero-order valence-corrected chi connectivity index (χ0v) is 9.53. The molecule has 0 bridgehead atoms. The van der Waals surface area contributed by atoms with Gasteiger partial charge in [0.1, 0.15) is 11.8 Å². The van der Waals surface area contributed by atoms with Gasteiger partial charge in [0, 0.05) is 6.20 Å². The average Bonchev–Trinajstić information content (AvgIpc) is 2.29. The molecular formula is C13H18N2. The van der Waals surface area contributed by atoms with E-state index >= 15 is 0 Å². The van der Waals surface area contributed by atoms with E-state index in [0.29, 0.717) is 11.6 Å². The molecule has 2 heteroatoms. The predicted octanol–water partition coefficient (Wildman–Crippen LogP) is 3.64. The molecule has 0 aliphatic heterocycles. The molecule has 1 aromatic heterocycles. The molecule has 80 valence electrons. The number of hydrogen-bond acceptors (Lipinski definition) is 2. The Bertz CT molecular complexity index is 339. The van der Waals surface area contributed by atoms with Gasteiger partial charge in [-0.1, -0.05) is 39.2 Å². The van der Waals surface area contributed by atoms with Crippen molar-refractivity contribution in [2.24, 2.45) is 0 Å². The second-order valence-corrected chi connectivity index (χ2v) is 3.95. The molecule has 1 heterocycles. The summed E-state index contributed by atoms with van der Waals surface area (Å²) >= 11 is 0. The van der Waals surface area contributed by atoms with Gasteiger partial charge in [-0.2, -0.15) is 5.26 Å². The normalized spacial score (nSPS) is 12.1. The van der Waals surface area contributed by atoms with Crippen LogP contribution in [0.5, 0.6) is 0 Å². The largest absolute Gasteiger partial charge is 0.245 e. The molecule has 15 heavy (non-hydrogen) atoms. The van der Waals surface area contributed by atoms with E-state index < -0.39 is 0 Å². The van der Waals surface area contributed by atoms with Gasteiger partial charge < -0.3 is 0 Å². The molecule has 0 aromatic carbocycles. The van der Waals surface area contributed by atoms with Crippen molar-refractivity contribution >= 4 is 0 Å². The van der Waals surface area contributed by atoms with E-state index in [-0.39, 0.29) is 0 Å². The summed E-state index contributed by atoms with van der Waals surface area (Å²) in [6.45, 7) is 4.38. The van der Waals surface area contributed by atoms with Crippen LogP contribution in [-0.2, 0) is 0 Å². The fourth-order valence-corrected chi connectivity index (χ4v) is 1.76. The molecule has 0 saturated heterocycles. The smallest absolute Gasteiger partial charge is 0.143 e. The van der Waals surface area contributed by atoms with Crippen LogP contribution < -0.4 is 0 Å². The van der Waals surface area contributed by atoms with Gasteiger partial charge in [-0.05, 0) is 24.0 Å². The number of nitrogens with zero attached hydrogens (tertiary/aromatic N) is 2. The maximum atomic E-state index is 8.93. The molecule has 1 aromatic rings. The van der Waals surface area contributed by atoms with Gasteiger partial charge in [0.2, 0.25) is 0 Å². The molecule has 1 unspecified atom stereocenters. The Labute approximate surface area is 92.0 Å². The summed E-state index contributed by atoms with van der Waals surface area (Å²) in [4.78, 5) is 4.09. The van der Waals surface area contributed by atoms with E-state index in [9.17, 15) is 0 Å². The quantitative estimate of drug-likeness (QED) is 0.683. The highest BCUT2D eigenvalue weighted by Crippen LogP contribution is 2.23. The van der Waals surface area contributed by atoms with E-state index in [1.165, 1.54) is 19.3 Å². The second kappa shape index (κ2) is 6.19. The molecule has 1 rings (SSSR count). The van der Waals surface area contributed by atoms with Gasteiger partial charge in [0.05, 0.1) is 0 Å². The Morgan fingerprint density at radius 2 is 2.27 bits per heavy atom. The van der Waals surface area contributed by atoms with Crippen molar-refractivity contribution in [1.82, 2.24) is 4.98 Å². The van der Waals surface area contributed by atoms with Gasteiger partial charge >= 0.3 is 0 Å². The first-order chi connectivity index (χ1) is 7.29. The summed E-state index contributed by atoms with van der Waals surface area (Å²) in [7, 11) is 0. The number of rotatable bonds is 5. The maximum absolute atomic E-state index is 8.93. The zero-order valence-electron chi connectivity index (χ0n) is 9.53. The number of unbranched alkanes of at least 4 members (excludes halogenated alkanes) is 2. The third-order valence-corrected chi connectivity index (χ3v) is 2.72. The second-order valence-electron chi connectivity index (χ2n) is 3.95. The first-order valence-corrected chi connectivity index (χ1v) is 5.64. The SMILES string of the molecule is CCCCCC(C)c1cccnc1C#N. The lowest BCUT2D eigenvalue weighted by atomic mass is 9.94. The van der Waals surface area contributed by atoms with Crippen molar-refractivity contribution in [3.05, 3.63) is 29.6 Å².